The molecular weight excluding hydrogens is 360 g/mol. The fourth-order valence-corrected chi connectivity index (χ4v) is 2.87. The van der Waals surface area contributed by atoms with E-state index in [1.165, 1.54) is 7.11 Å². The van der Waals surface area contributed by atoms with Crippen LogP contribution in [0.5, 0.6) is 5.75 Å². The topological polar surface area (TPSA) is 77.1 Å². The largest absolute Gasteiger partial charge is 0.481 e. The summed E-state index contributed by atoms with van der Waals surface area (Å²) in [7, 11) is 1.33. The molecule has 1 atom stereocenters. The van der Waals surface area contributed by atoms with Gasteiger partial charge < -0.3 is 24.4 Å². The second-order valence-electron chi connectivity index (χ2n) is 6.41. The molecule has 0 bridgehead atoms. The lowest BCUT2D eigenvalue weighted by molar-refractivity contribution is -0.122. The molecule has 1 aliphatic heterocycles. The number of hydrogen-bond donors (Lipinski definition) is 1. The Kier molecular flexibility index (Phi) is 6.49. The summed E-state index contributed by atoms with van der Waals surface area (Å²) in [6, 6.07) is 14.2. The zero-order chi connectivity index (χ0) is 19.9. The number of morpholine rings is 1. The number of nitrogens with one attached hydrogen (secondary N) is 1. The van der Waals surface area contributed by atoms with Gasteiger partial charge in [0, 0.05) is 24.5 Å². The van der Waals surface area contributed by atoms with Crippen molar-refractivity contribution < 1.29 is 23.8 Å². The molecule has 2 aromatic carbocycles. The normalized spacial score (nSPS) is 14.9. The number of amides is 1. The van der Waals surface area contributed by atoms with E-state index < -0.39 is 12.1 Å². The molecule has 1 N–H and O–H groups in total. The number of hydrogen-bond acceptors (Lipinski definition) is 6. The summed E-state index contributed by atoms with van der Waals surface area (Å²) in [5.41, 5.74) is 2.24. The maximum Gasteiger partial charge on any atom is 0.337 e. The van der Waals surface area contributed by atoms with Crippen molar-refractivity contribution in [3.8, 4) is 5.75 Å². The highest BCUT2D eigenvalue weighted by Gasteiger charge is 2.16. The molecule has 0 aliphatic carbocycles. The first-order valence-electron chi connectivity index (χ1n) is 9.15. The minimum absolute atomic E-state index is 0.254. The van der Waals surface area contributed by atoms with E-state index in [9.17, 15) is 9.59 Å². The van der Waals surface area contributed by atoms with Gasteiger partial charge >= 0.3 is 5.97 Å². The molecule has 7 heteroatoms. The molecule has 0 unspecified atom stereocenters. The van der Waals surface area contributed by atoms with Gasteiger partial charge in [0.1, 0.15) is 5.75 Å². The molecule has 0 aromatic heterocycles. The molecule has 2 aromatic rings. The third-order valence-electron chi connectivity index (χ3n) is 4.47. The van der Waals surface area contributed by atoms with E-state index in [2.05, 4.69) is 15.0 Å². The summed E-state index contributed by atoms with van der Waals surface area (Å²) in [5.74, 6) is -0.174. The predicted octanol–water partition coefficient (Wildman–Crippen LogP) is 2.72. The summed E-state index contributed by atoms with van der Waals surface area (Å²) in [4.78, 5) is 26.1. The first-order valence-corrected chi connectivity index (χ1v) is 9.15. The number of benzene rings is 2. The minimum Gasteiger partial charge on any atom is -0.481 e. The Labute approximate surface area is 164 Å². The molecule has 1 amide bonds. The zero-order valence-electron chi connectivity index (χ0n) is 16.0. The Balaban J connectivity index is 1.54. The third-order valence-corrected chi connectivity index (χ3v) is 4.47. The molecular formula is C21H24N2O5. The fraction of sp³-hybridized carbons (Fsp3) is 0.333. The van der Waals surface area contributed by atoms with Crippen molar-refractivity contribution in [3.63, 3.8) is 0 Å². The fourth-order valence-electron chi connectivity index (χ4n) is 2.87. The number of rotatable bonds is 6. The van der Waals surface area contributed by atoms with Gasteiger partial charge in [-0.3, -0.25) is 4.79 Å². The van der Waals surface area contributed by atoms with Crippen molar-refractivity contribution in [2.24, 2.45) is 0 Å². The summed E-state index contributed by atoms with van der Waals surface area (Å²) >= 11 is 0. The number of carbonyl (C=O) groups is 2. The van der Waals surface area contributed by atoms with Crippen LogP contribution in [0, 0.1) is 0 Å². The van der Waals surface area contributed by atoms with Gasteiger partial charge in [0.15, 0.2) is 6.10 Å². The summed E-state index contributed by atoms with van der Waals surface area (Å²) in [6.45, 7) is 4.87. The van der Waals surface area contributed by atoms with Crippen molar-refractivity contribution in [2.45, 2.75) is 13.0 Å². The highest BCUT2D eigenvalue weighted by Crippen LogP contribution is 2.20. The van der Waals surface area contributed by atoms with E-state index in [4.69, 9.17) is 9.47 Å². The summed E-state index contributed by atoms with van der Waals surface area (Å²) in [6.07, 6.45) is -0.692. The molecule has 1 heterocycles. The van der Waals surface area contributed by atoms with Gasteiger partial charge in [-0.1, -0.05) is 0 Å². The number of nitrogens with zero attached hydrogens (tertiary/aromatic N) is 1. The average Bonchev–Trinajstić information content (AvgIpc) is 2.75. The molecule has 1 saturated heterocycles. The van der Waals surface area contributed by atoms with Crippen LogP contribution in [0.15, 0.2) is 48.5 Å². The second kappa shape index (κ2) is 9.23. The summed E-state index contributed by atoms with van der Waals surface area (Å²) in [5, 5.41) is 2.85. The maximum absolute atomic E-state index is 12.4. The summed E-state index contributed by atoms with van der Waals surface area (Å²) < 4.78 is 15.7. The molecule has 3 rings (SSSR count). The van der Waals surface area contributed by atoms with Crippen LogP contribution in [0.1, 0.15) is 17.3 Å². The monoisotopic (exact) mass is 384 g/mol. The van der Waals surface area contributed by atoms with Crippen molar-refractivity contribution in [2.75, 3.05) is 43.6 Å². The molecule has 1 fully saturated rings. The van der Waals surface area contributed by atoms with Gasteiger partial charge in [0.05, 0.1) is 25.9 Å². The highest BCUT2D eigenvalue weighted by molar-refractivity contribution is 5.94. The van der Waals surface area contributed by atoms with Gasteiger partial charge in [0.25, 0.3) is 5.91 Å². The smallest absolute Gasteiger partial charge is 0.337 e. The van der Waals surface area contributed by atoms with E-state index in [0.717, 1.165) is 32.0 Å². The lowest BCUT2D eigenvalue weighted by Crippen LogP contribution is -2.36. The Hall–Kier alpha value is -3.06. The quantitative estimate of drug-likeness (QED) is 0.772. The molecule has 148 valence electrons. The van der Waals surface area contributed by atoms with Gasteiger partial charge in [-0.15, -0.1) is 0 Å². The minimum atomic E-state index is -0.692. The van der Waals surface area contributed by atoms with Gasteiger partial charge in [-0.05, 0) is 55.5 Å². The van der Waals surface area contributed by atoms with Crippen LogP contribution in [-0.2, 0) is 14.3 Å². The van der Waals surface area contributed by atoms with Crippen molar-refractivity contribution in [1.82, 2.24) is 0 Å². The average molecular weight is 384 g/mol. The molecule has 7 nitrogen and oxygen atoms in total. The first-order chi connectivity index (χ1) is 13.6. The van der Waals surface area contributed by atoms with Crippen LogP contribution in [0.3, 0.4) is 0 Å². The second-order valence-corrected chi connectivity index (χ2v) is 6.41. The number of anilines is 2. The van der Waals surface area contributed by atoms with E-state index in [1.807, 2.05) is 24.3 Å². The van der Waals surface area contributed by atoms with Crippen LogP contribution in [-0.4, -0.2) is 51.4 Å². The van der Waals surface area contributed by atoms with Crippen LogP contribution < -0.4 is 15.0 Å². The maximum atomic E-state index is 12.4. The predicted molar refractivity (Wildman–Crippen MR) is 106 cm³/mol. The van der Waals surface area contributed by atoms with Crippen molar-refractivity contribution >= 4 is 23.3 Å². The van der Waals surface area contributed by atoms with Crippen molar-refractivity contribution in [1.29, 1.82) is 0 Å². The Morgan fingerprint density at radius 2 is 1.68 bits per heavy atom. The van der Waals surface area contributed by atoms with E-state index in [0.29, 0.717) is 17.0 Å². The number of carbonyl (C=O) groups excluding carboxylic acids is 2. The van der Waals surface area contributed by atoms with Crippen LogP contribution >= 0.6 is 0 Å². The number of ether oxygens (including phenoxy) is 3. The van der Waals surface area contributed by atoms with Crippen LogP contribution in [0.4, 0.5) is 11.4 Å². The lowest BCUT2D eigenvalue weighted by atomic mass is 10.2. The molecule has 28 heavy (non-hydrogen) atoms. The number of esters is 1. The first kappa shape index (κ1) is 19.7. The van der Waals surface area contributed by atoms with E-state index >= 15 is 0 Å². The molecule has 0 spiro atoms. The van der Waals surface area contributed by atoms with Crippen LogP contribution in [0.25, 0.3) is 0 Å². The Morgan fingerprint density at radius 3 is 2.29 bits per heavy atom. The van der Waals surface area contributed by atoms with E-state index in [1.54, 1.807) is 31.2 Å². The lowest BCUT2D eigenvalue weighted by Gasteiger charge is -2.29. The zero-order valence-corrected chi connectivity index (χ0v) is 16.0. The van der Waals surface area contributed by atoms with Gasteiger partial charge in [-0.2, -0.15) is 0 Å². The van der Waals surface area contributed by atoms with Crippen LogP contribution in [0.2, 0.25) is 0 Å². The van der Waals surface area contributed by atoms with Crippen molar-refractivity contribution in [3.05, 3.63) is 54.1 Å². The van der Waals surface area contributed by atoms with E-state index in [-0.39, 0.29) is 5.91 Å². The van der Waals surface area contributed by atoms with Gasteiger partial charge in [-0.25, -0.2) is 4.79 Å². The molecule has 0 saturated carbocycles. The SMILES string of the molecule is COC(=O)c1ccc(O[C@H](C)C(=O)Nc2ccc(N3CCOCC3)cc2)cc1. The Bertz CT molecular complexity index is 799. The molecule has 1 aliphatic rings. The highest BCUT2D eigenvalue weighted by atomic mass is 16.5. The standard InChI is InChI=1S/C21H24N2O5/c1-15(28-19-9-3-16(4-10-19)21(25)26-2)20(24)22-17-5-7-18(8-6-17)23-11-13-27-14-12-23/h3-10,15H,11-14H2,1-2H3,(H,22,24)/t15-/m1/s1. The third kappa shape index (κ3) is 5.01. The number of methoxy groups -OCH3 is 1. The molecule has 0 radical (unpaired) electrons. The van der Waals surface area contributed by atoms with Gasteiger partial charge in [0.2, 0.25) is 0 Å². The Morgan fingerprint density at radius 1 is 1.04 bits per heavy atom.